The number of halogens is 2. The van der Waals surface area contributed by atoms with Gasteiger partial charge in [-0.05, 0) is 64.8 Å². The van der Waals surface area contributed by atoms with Crippen molar-refractivity contribution in [3.05, 3.63) is 57.5 Å². The predicted molar refractivity (Wildman–Crippen MR) is 81.7 cm³/mol. The minimum Gasteiger partial charge on any atom is -0.481 e. The molecule has 0 bridgehead atoms. The molecule has 1 unspecified atom stereocenters. The van der Waals surface area contributed by atoms with E-state index in [1.807, 2.05) is 0 Å². The monoisotopic (exact) mass is 354 g/mol. The van der Waals surface area contributed by atoms with Crippen LogP contribution in [0, 0.1) is 0 Å². The first-order chi connectivity index (χ1) is 9.47. The zero-order valence-corrected chi connectivity index (χ0v) is 13.0. The first-order valence-electron chi connectivity index (χ1n) is 5.93. The average Bonchev–Trinajstić information content (AvgIpc) is 2.42. The first kappa shape index (κ1) is 14.9. The number of hydrogen-bond donors (Lipinski definition) is 1. The second-order valence-corrected chi connectivity index (χ2v) is 5.60. The summed E-state index contributed by atoms with van der Waals surface area (Å²) in [6, 6.07) is 12.3. The van der Waals surface area contributed by atoms with Gasteiger partial charge in [0.2, 0.25) is 0 Å². The summed E-state index contributed by atoms with van der Waals surface area (Å²) in [6.07, 6.45) is 0. The highest BCUT2D eigenvalue weighted by molar-refractivity contribution is 9.10. The Balaban J connectivity index is 2.21. The molecule has 2 aromatic carbocycles. The normalized spacial score (nSPS) is 11.9. The van der Waals surface area contributed by atoms with Crippen LogP contribution < -0.4 is 4.74 Å². The van der Waals surface area contributed by atoms with E-state index in [4.69, 9.17) is 21.4 Å². The van der Waals surface area contributed by atoms with Crippen LogP contribution in [-0.2, 0) is 4.79 Å². The van der Waals surface area contributed by atoms with Gasteiger partial charge in [-0.15, -0.1) is 0 Å². The van der Waals surface area contributed by atoms with Crippen LogP contribution in [0.25, 0.3) is 0 Å². The summed E-state index contributed by atoms with van der Waals surface area (Å²) in [6.45, 7) is 1.64. The molecule has 0 heterocycles. The lowest BCUT2D eigenvalue weighted by molar-refractivity contribution is -0.138. The molecule has 0 radical (unpaired) electrons. The Kier molecular flexibility index (Phi) is 4.68. The van der Waals surface area contributed by atoms with Gasteiger partial charge in [-0.2, -0.15) is 0 Å². The molecular formula is C15H12BrClO3. The fourth-order valence-electron chi connectivity index (χ4n) is 1.64. The molecule has 104 valence electrons. The molecule has 0 fully saturated rings. The second-order valence-electron chi connectivity index (χ2n) is 4.31. The predicted octanol–water partition coefficient (Wildman–Crippen LogP) is 5.08. The zero-order chi connectivity index (χ0) is 14.7. The minimum atomic E-state index is -0.858. The van der Waals surface area contributed by atoms with Crippen molar-refractivity contribution in [2.45, 2.75) is 12.8 Å². The quantitative estimate of drug-likeness (QED) is 0.831. The molecule has 0 spiro atoms. The topological polar surface area (TPSA) is 46.5 Å². The molecule has 0 saturated carbocycles. The van der Waals surface area contributed by atoms with Crippen LogP contribution in [0.2, 0.25) is 5.02 Å². The maximum Gasteiger partial charge on any atom is 0.310 e. The van der Waals surface area contributed by atoms with Gasteiger partial charge in [0.25, 0.3) is 0 Å². The van der Waals surface area contributed by atoms with Crippen molar-refractivity contribution < 1.29 is 14.6 Å². The minimum absolute atomic E-state index is 0.559. The number of benzene rings is 2. The number of carbonyl (C=O) groups is 1. The largest absolute Gasteiger partial charge is 0.481 e. The molecule has 0 saturated heterocycles. The molecule has 1 N–H and O–H groups in total. The molecule has 0 aromatic heterocycles. The van der Waals surface area contributed by atoms with Crippen LogP contribution >= 0.6 is 27.5 Å². The summed E-state index contributed by atoms with van der Waals surface area (Å²) in [5.41, 5.74) is 0.716. The van der Waals surface area contributed by atoms with Gasteiger partial charge >= 0.3 is 5.97 Å². The van der Waals surface area contributed by atoms with E-state index in [1.54, 1.807) is 49.4 Å². The number of carboxylic acids is 1. The fourth-order valence-corrected chi connectivity index (χ4v) is 2.24. The van der Waals surface area contributed by atoms with Gasteiger partial charge < -0.3 is 9.84 Å². The molecular weight excluding hydrogens is 344 g/mol. The molecule has 0 aliphatic rings. The summed E-state index contributed by atoms with van der Waals surface area (Å²) < 4.78 is 6.41. The number of aliphatic carboxylic acids is 1. The first-order valence-corrected chi connectivity index (χ1v) is 7.10. The molecule has 5 heteroatoms. The summed E-state index contributed by atoms with van der Waals surface area (Å²) in [5.74, 6) is -0.137. The van der Waals surface area contributed by atoms with Crippen LogP contribution in [0.1, 0.15) is 18.4 Å². The Morgan fingerprint density at radius 3 is 2.45 bits per heavy atom. The van der Waals surface area contributed by atoms with Gasteiger partial charge in [0, 0.05) is 5.02 Å². The van der Waals surface area contributed by atoms with Crippen molar-refractivity contribution in [3.63, 3.8) is 0 Å². The van der Waals surface area contributed by atoms with Crippen LogP contribution in [0.3, 0.4) is 0 Å². The molecule has 0 amide bonds. The Hall–Kier alpha value is -1.52. The maximum atomic E-state index is 11.0. The molecule has 0 aliphatic heterocycles. The molecule has 2 rings (SSSR count). The van der Waals surface area contributed by atoms with Crippen LogP contribution in [0.15, 0.2) is 46.9 Å². The van der Waals surface area contributed by atoms with Crippen molar-refractivity contribution in [1.29, 1.82) is 0 Å². The summed E-state index contributed by atoms with van der Waals surface area (Å²) >= 11 is 9.20. The molecule has 0 aliphatic carbocycles. The van der Waals surface area contributed by atoms with E-state index >= 15 is 0 Å². The lowest BCUT2D eigenvalue weighted by Gasteiger charge is -2.11. The van der Waals surface area contributed by atoms with Crippen LogP contribution in [0.4, 0.5) is 0 Å². The Morgan fingerprint density at radius 1 is 1.25 bits per heavy atom. The lowest BCUT2D eigenvalue weighted by Crippen LogP contribution is -2.07. The number of hydrogen-bond acceptors (Lipinski definition) is 2. The highest BCUT2D eigenvalue weighted by atomic mass is 79.9. The number of rotatable bonds is 4. The molecule has 20 heavy (non-hydrogen) atoms. The van der Waals surface area contributed by atoms with Gasteiger partial charge in [-0.25, -0.2) is 0 Å². The maximum absolute atomic E-state index is 11.0. The Bertz CT molecular complexity index is 626. The van der Waals surface area contributed by atoms with Gasteiger partial charge in [0.05, 0.1) is 10.4 Å². The third-order valence-corrected chi connectivity index (χ3v) is 3.74. The molecule has 2 aromatic rings. The SMILES string of the molecule is CC(C(=O)O)c1ccc(Oc2ccc(Cl)cc2)c(Br)c1. The van der Waals surface area contributed by atoms with E-state index < -0.39 is 11.9 Å². The third kappa shape index (κ3) is 3.52. The van der Waals surface area contributed by atoms with E-state index in [2.05, 4.69) is 15.9 Å². The number of carboxylic acid groups (broad SMARTS) is 1. The van der Waals surface area contributed by atoms with Crippen molar-refractivity contribution in [2.75, 3.05) is 0 Å². The lowest BCUT2D eigenvalue weighted by atomic mass is 10.0. The van der Waals surface area contributed by atoms with Crippen LogP contribution in [0.5, 0.6) is 11.5 Å². The van der Waals surface area contributed by atoms with Crippen molar-refractivity contribution in [3.8, 4) is 11.5 Å². The summed E-state index contributed by atoms with van der Waals surface area (Å²) in [7, 11) is 0. The van der Waals surface area contributed by atoms with E-state index in [9.17, 15) is 4.79 Å². The van der Waals surface area contributed by atoms with Gasteiger partial charge in [-0.1, -0.05) is 17.7 Å². The smallest absolute Gasteiger partial charge is 0.310 e. The molecule has 3 nitrogen and oxygen atoms in total. The standard InChI is InChI=1S/C15H12BrClO3/c1-9(15(18)19)10-2-7-14(13(16)8-10)20-12-5-3-11(17)4-6-12/h2-9H,1H3,(H,18,19). The Labute approximate surface area is 130 Å². The van der Waals surface area contributed by atoms with Crippen molar-refractivity contribution in [1.82, 2.24) is 0 Å². The summed E-state index contributed by atoms with van der Waals surface area (Å²) in [5, 5.41) is 9.64. The van der Waals surface area contributed by atoms with Gasteiger partial charge in [0.1, 0.15) is 11.5 Å². The molecule has 1 atom stereocenters. The zero-order valence-electron chi connectivity index (χ0n) is 10.6. The van der Waals surface area contributed by atoms with E-state index in [0.717, 1.165) is 0 Å². The Morgan fingerprint density at radius 2 is 1.90 bits per heavy atom. The van der Waals surface area contributed by atoms with Gasteiger partial charge in [0.15, 0.2) is 0 Å². The summed E-state index contributed by atoms with van der Waals surface area (Å²) in [4.78, 5) is 11.0. The van der Waals surface area contributed by atoms with Gasteiger partial charge in [-0.3, -0.25) is 4.79 Å². The highest BCUT2D eigenvalue weighted by Gasteiger charge is 2.15. The third-order valence-electron chi connectivity index (χ3n) is 2.87. The van der Waals surface area contributed by atoms with Crippen LogP contribution in [-0.4, -0.2) is 11.1 Å². The fraction of sp³-hybridized carbons (Fsp3) is 0.133. The average molecular weight is 356 g/mol. The van der Waals surface area contributed by atoms with Crippen molar-refractivity contribution in [2.24, 2.45) is 0 Å². The van der Waals surface area contributed by atoms with E-state index in [0.29, 0.717) is 26.6 Å². The highest BCUT2D eigenvalue weighted by Crippen LogP contribution is 2.32. The van der Waals surface area contributed by atoms with Crippen molar-refractivity contribution >= 4 is 33.5 Å². The number of ether oxygens (including phenoxy) is 1. The van der Waals surface area contributed by atoms with E-state index in [1.165, 1.54) is 0 Å². The second kappa shape index (κ2) is 6.29. The van der Waals surface area contributed by atoms with E-state index in [-0.39, 0.29) is 0 Å².